The van der Waals surface area contributed by atoms with Gasteiger partial charge in [0.15, 0.2) is 0 Å². The average Bonchev–Trinajstić information content (AvgIpc) is 3.04. The molecule has 0 aliphatic heterocycles. The Morgan fingerprint density at radius 2 is 1.49 bits per heavy atom. The number of nitrogens with zero attached hydrogens (tertiary/aromatic N) is 2. The lowest BCUT2D eigenvalue weighted by atomic mass is 10.0. The number of nitrogens with one attached hydrogen (secondary N) is 1. The highest BCUT2D eigenvalue weighted by Crippen LogP contribution is 2.31. The number of rotatable bonds is 13. The summed E-state index contributed by atoms with van der Waals surface area (Å²) in [6.07, 6.45) is 0.852. The van der Waals surface area contributed by atoms with Gasteiger partial charge in [-0.2, -0.15) is 0 Å². The third-order valence-corrected chi connectivity index (χ3v) is 9.84. The number of benzene rings is 4. The van der Waals surface area contributed by atoms with Gasteiger partial charge < -0.3 is 10.2 Å². The molecule has 0 radical (unpaired) electrons. The summed E-state index contributed by atoms with van der Waals surface area (Å²) < 4.78 is 43.1. The van der Waals surface area contributed by atoms with Crippen molar-refractivity contribution in [3.63, 3.8) is 0 Å². The topological polar surface area (TPSA) is 86.8 Å². The van der Waals surface area contributed by atoms with Crippen LogP contribution in [0.3, 0.4) is 0 Å². The van der Waals surface area contributed by atoms with Crippen LogP contribution in [0.25, 0.3) is 0 Å². The molecule has 0 unspecified atom stereocenters. The molecule has 0 aromatic heterocycles. The molecule has 0 aliphatic rings. The predicted octanol–water partition coefficient (Wildman–Crippen LogP) is 6.54. The van der Waals surface area contributed by atoms with E-state index >= 15 is 0 Å². The molecule has 45 heavy (non-hydrogen) atoms. The third-order valence-electron chi connectivity index (χ3n) is 7.66. The van der Waals surface area contributed by atoms with Crippen molar-refractivity contribution in [2.75, 3.05) is 10.8 Å². The first kappa shape index (κ1) is 33.7. The van der Waals surface area contributed by atoms with Crippen LogP contribution in [0.4, 0.5) is 10.1 Å². The van der Waals surface area contributed by atoms with E-state index in [1.54, 1.807) is 55.5 Å². The molecule has 0 fully saturated rings. The molecule has 4 aromatic rings. The summed E-state index contributed by atoms with van der Waals surface area (Å²) in [5.74, 6) is -1.43. The summed E-state index contributed by atoms with van der Waals surface area (Å²) in [5, 5.41) is 3.33. The minimum atomic E-state index is -4.25. The van der Waals surface area contributed by atoms with Crippen molar-refractivity contribution in [1.29, 1.82) is 0 Å². The summed E-state index contributed by atoms with van der Waals surface area (Å²) in [4.78, 5) is 29.7. The Morgan fingerprint density at radius 3 is 2.11 bits per heavy atom. The Labute approximate surface area is 269 Å². The van der Waals surface area contributed by atoms with Crippen LogP contribution in [0.5, 0.6) is 0 Å². The maximum atomic E-state index is 14.5. The number of amides is 2. The molecule has 0 aliphatic carbocycles. The fourth-order valence-corrected chi connectivity index (χ4v) is 6.54. The second kappa shape index (κ2) is 15.2. The van der Waals surface area contributed by atoms with Gasteiger partial charge in [0.1, 0.15) is 18.4 Å². The maximum absolute atomic E-state index is 14.5. The molecule has 0 bridgehead atoms. The zero-order valence-corrected chi connectivity index (χ0v) is 27.1. The van der Waals surface area contributed by atoms with Gasteiger partial charge in [0.25, 0.3) is 10.0 Å². The normalized spacial score (nSPS) is 12.6. The van der Waals surface area contributed by atoms with Gasteiger partial charge in [0, 0.05) is 24.0 Å². The lowest BCUT2D eigenvalue weighted by Gasteiger charge is -2.34. The molecule has 0 heterocycles. The van der Waals surface area contributed by atoms with Gasteiger partial charge in [-0.05, 0) is 73.4 Å². The molecular weight excluding hydrogens is 613 g/mol. The van der Waals surface area contributed by atoms with Gasteiger partial charge in [-0.1, -0.05) is 85.3 Å². The van der Waals surface area contributed by atoms with Crippen LogP contribution in [0.15, 0.2) is 108 Å². The second-order valence-electron chi connectivity index (χ2n) is 10.9. The van der Waals surface area contributed by atoms with Gasteiger partial charge in [0.05, 0.1) is 10.6 Å². The molecule has 0 saturated carbocycles. The van der Waals surface area contributed by atoms with E-state index in [1.807, 2.05) is 44.2 Å². The Kier molecular flexibility index (Phi) is 11.4. The van der Waals surface area contributed by atoms with E-state index in [4.69, 9.17) is 11.6 Å². The number of hydrogen-bond donors (Lipinski definition) is 1. The zero-order chi connectivity index (χ0) is 32.6. The number of carbonyl (C=O) groups excluding carboxylic acids is 2. The van der Waals surface area contributed by atoms with Gasteiger partial charge in [-0.3, -0.25) is 13.9 Å². The third kappa shape index (κ3) is 8.49. The van der Waals surface area contributed by atoms with Crippen molar-refractivity contribution in [2.45, 2.75) is 57.1 Å². The van der Waals surface area contributed by atoms with Crippen molar-refractivity contribution in [2.24, 2.45) is 0 Å². The number of carbonyl (C=O) groups is 2. The van der Waals surface area contributed by atoms with Crippen LogP contribution < -0.4 is 9.62 Å². The number of hydrogen-bond acceptors (Lipinski definition) is 4. The average molecular weight is 650 g/mol. The summed E-state index contributed by atoms with van der Waals surface area (Å²) in [6, 6.07) is 26.5. The Bertz CT molecular complexity index is 1700. The fraction of sp³-hybridized carbons (Fsp3) is 0.257. The quantitative estimate of drug-likeness (QED) is 0.178. The number of halogens is 2. The minimum Gasteiger partial charge on any atom is -0.352 e. The van der Waals surface area contributed by atoms with E-state index in [-0.39, 0.29) is 35.5 Å². The molecule has 1 N–H and O–H groups in total. The van der Waals surface area contributed by atoms with E-state index in [0.29, 0.717) is 22.6 Å². The SMILES string of the molecule is CC[C@H](C)NC(=O)[C@H](Cc1ccccc1)N(Cc1ccc(F)cc1)C(=O)CN(c1cccc(Cl)c1C)S(=O)(=O)c1ccccc1. The monoisotopic (exact) mass is 649 g/mol. The van der Waals surface area contributed by atoms with Crippen LogP contribution in [-0.2, 0) is 32.6 Å². The number of anilines is 1. The van der Waals surface area contributed by atoms with E-state index in [2.05, 4.69) is 5.32 Å². The van der Waals surface area contributed by atoms with Gasteiger partial charge >= 0.3 is 0 Å². The highest BCUT2D eigenvalue weighted by Gasteiger charge is 2.35. The lowest BCUT2D eigenvalue weighted by molar-refractivity contribution is -0.140. The van der Waals surface area contributed by atoms with Crippen molar-refractivity contribution in [3.05, 3.63) is 131 Å². The molecule has 4 aromatic carbocycles. The highest BCUT2D eigenvalue weighted by atomic mass is 35.5. The first-order valence-electron chi connectivity index (χ1n) is 14.7. The minimum absolute atomic E-state index is 0.00221. The highest BCUT2D eigenvalue weighted by molar-refractivity contribution is 7.92. The van der Waals surface area contributed by atoms with Crippen LogP contribution in [-0.4, -0.2) is 43.8 Å². The van der Waals surface area contributed by atoms with E-state index in [0.717, 1.165) is 9.87 Å². The van der Waals surface area contributed by atoms with E-state index in [9.17, 15) is 22.4 Å². The van der Waals surface area contributed by atoms with Crippen LogP contribution in [0.2, 0.25) is 5.02 Å². The van der Waals surface area contributed by atoms with Gasteiger partial charge in [-0.25, -0.2) is 12.8 Å². The van der Waals surface area contributed by atoms with Crippen LogP contribution in [0.1, 0.15) is 37.0 Å². The van der Waals surface area contributed by atoms with Crippen LogP contribution >= 0.6 is 11.6 Å². The number of sulfonamides is 1. The molecule has 0 spiro atoms. The predicted molar refractivity (Wildman–Crippen MR) is 176 cm³/mol. The van der Waals surface area contributed by atoms with Crippen molar-refractivity contribution in [1.82, 2.24) is 10.2 Å². The Balaban J connectivity index is 1.83. The Hall–Kier alpha value is -4.21. The first-order valence-corrected chi connectivity index (χ1v) is 16.5. The van der Waals surface area contributed by atoms with Crippen molar-refractivity contribution < 1.29 is 22.4 Å². The molecule has 7 nitrogen and oxygen atoms in total. The molecule has 2 atom stereocenters. The maximum Gasteiger partial charge on any atom is 0.264 e. The van der Waals surface area contributed by atoms with E-state index in [1.165, 1.54) is 29.2 Å². The molecule has 4 rings (SSSR count). The summed E-state index contributed by atoms with van der Waals surface area (Å²) in [5.41, 5.74) is 2.12. The van der Waals surface area contributed by atoms with Crippen LogP contribution in [0, 0.1) is 12.7 Å². The summed E-state index contributed by atoms with van der Waals surface area (Å²) >= 11 is 6.42. The van der Waals surface area contributed by atoms with Gasteiger partial charge in [-0.15, -0.1) is 0 Å². The second-order valence-corrected chi connectivity index (χ2v) is 13.1. The molecule has 0 saturated heterocycles. The first-order chi connectivity index (χ1) is 21.5. The molecule has 236 valence electrons. The fourth-order valence-electron chi connectivity index (χ4n) is 4.88. The molecule has 10 heteroatoms. The Morgan fingerprint density at radius 1 is 0.867 bits per heavy atom. The van der Waals surface area contributed by atoms with Gasteiger partial charge in [0.2, 0.25) is 11.8 Å². The largest absolute Gasteiger partial charge is 0.352 e. The van der Waals surface area contributed by atoms with E-state index < -0.39 is 34.3 Å². The summed E-state index contributed by atoms with van der Waals surface area (Å²) in [6.45, 7) is 4.83. The lowest BCUT2D eigenvalue weighted by Crippen LogP contribution is -2.54. The zero-order valence-electron chi connectivity index (χ0n) is 25.5. The molecule has 2 amide bonds. The van der Waals surface area contributed by atoms with Crippen molar-refractivity contribution in [3.8, 4) is 0 Å². The molecular formula is C35H37ClFN3O4S. The standard InChI is InChI=1S/C35H37ClFN3O4S/c1-4-25(2)38-35(42)33(22-27-12-7-5-8-13-27)39(23-28-18-20-29(37)21-19-28)34(41)24-40(32-17-11-16-31(36)26(32)3)45(43,44)30-14-9-6-10-15-30/h5-21,25,33H,4,22-24H2,1-3H3,(H,38,42)/t25-,33-/m0/s1. The van der Waals surface area contributed by atoms with Crippen molar-refractivity contribution >= 4 is 39.1 Å². The smallest absolute Gasteiger partial charge is 0.264 e. The summed E-state index contributed by atoms with van der Waals surface area (Å²) in [7, 11) is -4.25.